The van der Waals surface area contributed by atoms with Gasteiger partial charge in [-0.2, -0.15) is 0 Å². The molecule has 0 aromatic carbocycles. The third-order valence-corrected chi connectivity index (χ3v) is 3.99. The molecule has 0 aromatic heterocycles. The van der Waals surface area contributed by atoms with Gasteiger partial charge in [-0.1, -0.05) is 96.8 Å². The van der Waals surface area contributed by atoms with E-state index in [9.17, 15) is 4.79 Å². The van der Waals surface area contributed by atoms with Gasteiger partial charge in [-0.25, -0.2) is 0 Å². The van der Waals surface area contributed by atoms with Crippen molar-refractivity contribution in [3.05, 3.63) is 0 Å². The average molecular weight is 326 g/mol. The van der Waals surface area contributed by atoms with Gasteiger partial charge >= 0.3 is 35.5 Å². The summed E-state index contributed by atoms with van der Waals surface area (Å²) in [5, 5.41) is 8.52. The van der Waals surface area contributed by atoms with E-state index in [1.165, 1.54) is 83.5 Å². The third kappa shape index (κ3) is 25.4. The Morgan fingerprint density at radius 1 is 0.636 bits per heavy atom. The van der Waals surface area contributed by atoms with Crippen molar-refractivity contribution in [2.45, 2.75) is 110 Å². The Bertz CT molecular complexity index is 211. The molecule has 0 bridgehead atoms. The van der Waals surface area contributed by atoms with Crippen LogP contribution >= 0.6 is 0 Å². The molecule has 0 fully saturated rings. The molecule has 0 saturated heterocycles. The van der Waals surface area contributed by atoms with Gasteiger partial charge in [-0.15, -0.1) is 0 Å². The van der Waals surface area contributed by atoms with Gasteiger partial charge in [0.05, 0.1) is 0 Å². The van der Waals surface area contributed by atoms with Crippen molar-refractivity contribution >= 4 is 35.5 Å². The molecule has 3 N–H and O–H groups in total. The van der Waals surface area contributed by atoms with Gasteiger partial charge in [0.15, 0.2) is 0 Å². The molecule has 0 aliphatic carbocycles. The predicted octanol–water partition coefficient (Wildman–Crippen LogP) is 4.86. The van der Waals surface area contributed by atoms with E-state index in [1.54, 1.807) is 0 Å². The monoisotopic (exact) mass is 326 g/mol. The van der Waals surface area contributed by atoms with Crippen molar-refractivity contribution in [2.24, 2.45) is 0 Å². The molecule has 0 aromatic rings. The SMILES string of the molecule is CCCCCCCCCCCCCCCCCC(=O)O.O.[NaH]. The average Bonchev–Trinajstić information content (AvgIpc) is 2.43. The summed E-state index contributed by atoms with van der Waals surface area (Å²) in [4.78, 5) is 10.3. The van der Waals surface area contributed by atoms with Gasteiger partial charge < -0.3 is 10.6 Å². The molecule has 0 unspecified atom stereocenters. The zero-order valence-electron chi connectivity index (χ0n) is 14.2. The summed E-state index contributed by atoms with van der Waals surface area (Å²) in [6.07, 6.45) is 20.2. The summed E-state index contributed by atoms with van der Waals surface area (Å²) in [7, 11) is 0. The Labute approximate surface area is 160 Å². The standard InChI is InChI=1S/C18H36O2.Na.H2O.H/c1-2-3-4-5-6-7-8-9-10-11-12-13-14-15-16-17-18(19)20;;;/h2-17H2,1H3,(H,19,20);;1H2;. The second kappa shape index (κ2) is 23.7. The van der Waals surface area contributed by atoms with E-state index in [1.807, 2.05) is 0 Å². The number of hydrogen-bond acceptors (Lipinski definition) is 1. The van der Waals surface area contributed by atoms with E-state index in [0.717, 1.165) is 12.8 Å². The Hall–Kier alpha value is 0.430. The van der Waals surface area contributed by atoms with Crippen LogP contribution in [0.15, 0.2) is 0 Å². The van der Waals surface area contributed by atoms with Crippen LogP contribution in [0.3, 0.4) is 0 Å². The zero-order chi connectivity index (χ0) is 14.9. The number of carboxylic acid groups (broad SMARTS) is 1. The molecule has 130 valence electrons. The van der Waals surface area contributed by atoms with Crippen LogP contribution in [0.1, 0.15) is 110 Å². The van der Waals surface area contributed by atoms with Gasteiger partial charge in [0.1, 0.15) is 0 Å². The fourth-order valence-electron chi connectivity index (χ4n) is 2.65. The molecule has 0 spiro atoms. The fourth-order valence-corrected chi connectivity index (χ4v) is 2.65. The molecule has 0 saturated carbocycles. The van der Waals surface area contributed by atoms with Crippen LogP contribution < -0.4 is 0 Å². The van der Waals surface area contributed by atoms with Gasteiger partial charge in [0.2, 0.25) is 0 Å². The second-order valence-corrected chi connectivity index (χ2v) is 6.09. The summed E-state index contributed by atoms with van der Waals surface area (Å²) >= 11 is 0. The van der Waals surface area contributed by atoms with Crippen molar-refractivity contribution < 1.29 is 15.4 Å². The van der Waals surface area contributed by atoms with E-state index in [-0.39, 0.29) is 35.0 Å². The summed E-state index contributed by atoms with van der Waals surface area (Å²) in [6.45, 7) is 2.27. The Kier molecular flexibility index (Phi) is 29.4. The zero-order valence-corrected chi connectivity index (χ0v) is 14.2. The second-order valence-electron chi connectivity index (χ2n) is 6.09. The number of carboxylic acids is 1. The topological polar surface area (TPSA) is 68.8 Å². The van der Waals surface area contributed by atoms with Crippen molar-refractivity contribution in [3.63, 3.8) is 0 Å². The van der Waals surface area contributed by atoms with E-state index in [4.69, 9.17) is 5.11 Å². The van der Waals surface area contributed by atoms with Crippen LogP contribution in [0, 0.1) is 0 Å². The van der Waals surface area contributed by atoms with Gasteiger partial charge in [0, 0.05) is 6.42 Å². The summed E-state index contributed by atoms with van der Waals surface area (Å²) in [5.41, 5.74) is 0. The summed E-state index contributed by atoms with van der Waals surface area (Å²) in [5.74, 6) is -0.653. The van der Waals surface area contributed by atoms with Crippen molar-refractivity contribution in [1.29, 1.82) is 0 Å². The van der Waals surface area contributed by atoms with Crippen LogP contribution in [0.5, 0.6) is 0 Å². The maximum atomic E-state index is 10.3. The first-order chi connectivity index (χ1) is 9.77. The van der Waals surface area contributed by atoms with E-state index < -0.39 is 5.97 Å². The van der Waals surface area contributed by atoms with Gasteiger partial charge in [-0.3, -0.25) is 4.79 Å². The van der Waals surface area contributed by atoms with Crippen molar-refractivity contribution in [1.82, 2.24) is 0 Å². The molecule has 4 heteroatoms. The van der Waals surface area contributed by atoms with Crippen LogP contribution in [-0.2, 0) is 4.79 Å². The number of aliphatic carboxylic acids is 1. The van der Waals surface area contributed by atoms with Crippen LogP contribution in [0.25, 0.3) is 0 Å². The molecular formula is C18H39NaO3. The quantitative estimate of drug-likeness (QED) is 0.325. The number of carbonyl (C=O) groups is 1. The van der Waals surface area contributed by atoms with Gasteiger partial charge in [0.25, 0.3) is 0 Å². The number of unbranched alkanes of at least 4 members (excludes halogenated alkanes) is 14. The molecule has 0 aliphatic rings. The Balaban J connectivity index is -0.00000180. The van der Waals surface area contributed by atoms with Crippen molar-refractivity contribution in [3.8, 4) is 0 Å². The maximum absolute atomic E-state index is 10.3. The molecule has 3 nitrogen and oxygen atoms in total. The normalized spacial score (nSPS) is 9.86. The third-order valence-electron chi connectivity index (χ3n) is 3.99. The summed E-state index contributed by atoms with van der Waals surface area (Å²) < 4.78 is 0. The van der Waals surface area contributed by atoms with E-state index in [0.29, 0.717) is 6.42 Å². The van der Waals surface area contributed by atoms with Gasteiger partial charge in [-0.05, 0) is 6.42 Å². The number of hydrogen-bond donors (Lipinski definition) is 1. The Morgan fingerprint density at radius 2 is 0.909 bits per heavy atom. The first kappa shape index (κ1) is 27.3. The predicted molar refractivity (Wildman–Crippen MR) is 97.9 cm³/mol. The first-order valence-corrected chi connectivity index (χ1v) is 8.99. The number of rotatable bonds is 16. The van der Waals surface area contributed by atoms with Crippen LogP contribution in [0.2, 0.25) is 0 Å². The molecule has 22 heavy (non-hydrogen) atoms. The minimum atomic E-state index is -0.653. The van der Waals surface area contributed by atoms with Crippen LogP contribution in [0.4, 0.5) is 0 Å². The minimum absolute atomic E-state index is 0. The molecule has 0 amide bonds. The van der Waals surface area contributed by atoms with Crippen molar-refractivity contribution in [2.75, 3.05) is 0 Å². The fraction of sp³-hybridized carbons (Fsp3) is 0.944. The molecule has 0 heterocycles. The summed E-state index contributed by atoms with van der Waals surface area (Å²) in [6, 6.07) is 0. The van der Waals surface area contributed by atoms with E-state index in [2.05, 4.69) is 6.92 Å². The van der Waals surface area contributed by atoms with Crippen LogP contribution in [-0.4, -0.2) is 46.1 Å². The van der Waals surface area contributed by atoms with E-state index >= 15 is 0 Å². The Morgan fingerprint density at radius 3 is 1.18 bits per heavy atom. The first-order valence-electron chi connectivity index (χ1n) is 8.99. The molecule has 0 radical (unpaired) electrons. The molecule has 0 aliphatic heterocycles. The molecule has 0 atom stereocenters. The molecule has 0 rings (SSSR count). The molecular weight excluding hydrogens is 287 g/mol.